The lowest BCUT2D eigenvalue weighted by molar-refractivity contribution is -0.120. The fourth-order valence-electron chi connectivity index (χ4n) is 3.27. The average Bonchev–Trinajstić information content (AvgIpc) is 2.69. The number of methoxy groups -OCH3 is 1. The van der Waals surface area contributed by atoms with Crippen LogP contribution in [0.2, 0.25) is 0 Å². The van der Waals surface area contributed by atoms with Gasteiger partial charge in [-0.05, 0) is 48.2 Å². The molecule has 0 saturated heterocycles. The second-order valence-corrected chi connectivity index (χ2v) is 6.35. The minimum Gasteiger partial charge on any atom is -0.496 e. The molecule has 0 unspecified atom stereocenters. The summed E-state index contributed by atoms with van der Waals surface area (Å²) in [4.78, 5) is 13.7. The van der Waals surface area contributed by atoms with Crippen molar-refractivity contribution in [1.29, 1.82) is 5.26 Å². The predicted octanol–water partition coefficient (Wildman–Crippen LogP) is 3.01. The minimum absolute atomic E-state index is 0.209. The summed E-state index contributed by atoms with van der Waals surface area (Å²) in [6.07, 6.45) is 3.60. The maximum atomic E-state index is 11.3. The lowest BCUT2D eigenvalue weighted by atomic mass is 10.0. The zero-order valence-corrected chi connectivity index (χ0v) is 15.3. The molecule has 0 spiro atoms. The van der Waals surface area contributed by atoms with Crippen LogP contribution in [0.1, 0.15) is 29.5 Å². The topological polar surface area (TPSA) is 77.7 Å². The highest BCUT2D eigenvalue weighted by Crippen LogP contribution is 2.30. The molecule has 0 bridgehead atoms. The number of ether oxygens (including phenoxy) is 1. The molecule has 1 N–H and O–H groups in total. The summed E-state index contributed by atoms with van der Waals surface area (Å²) in [5.74, 6) is 0.399. The Morgan fingerprint density at radius 1 is 1.37 bits per heavy atom. The van der Waals surface area contributed by atoms with Crippen molar-refractivity contribution in [1.82, 2.24) is 5.43 Å². The van der Waals surface area contributed by atoms with E-state index in [1.54, 1.807) is 19.4 Å². The van der Waals surface area contributed by atoms with E-state index >= 15 is 0 Å². The summed E-state index contributed by atoms with van der Waals surface area (Å²) in [5, 5.41) is 12.4. The third kappa shape index (κ3) is 4.64. The Morgan fingerprint density at radius 2 is 2.22 bits per heavy atom. The van der Waals surface area contributed by atoms with Crippen molar-refractivity contribution in [2.75, 3.05) is 18.6 Å². The molecule has 0 aliphatic carbocycles. The molecule has 1 heterocycles. The van der Waals surface area contributed by atoms with Gasteiger partial charge < -0.3 is 9.64 Å². The minimum atomic E-state index is -0.424. The van der Waals surface area contributed by atoms with Crippen molar-refractivity contribution in [3.8, 4) is 11.8 Å². The van der Waals surface area contributed by atoms with E-state index in [2.05, 4.69) is 39.7 Å². The monoisotopic (exact) mass is 362 g/mol. The molecule has 2 aromatic carbocycles. The van der Waals surface area contributed by atoms with Crippen LogP contribution in [-0.2, 0) is 17.8 Å². The average molecular weight is 362 g/mol. The van der Waals surface area contributed by atoms with Gasteiger partial charge in [0.05, 0.1) is 19.4 Å². The standard InChI is InChI=1S/C21H22N4O2/c1-27-20-9-8-16(14-23-24-21(26)10-11-22)13-18(20)15-25-12-4-6-17-5-2-3-7-19(17)25/h2-3,5,7-9,13-14H,4,6,10,12,15H2,1H3,(H,24,26). The Balaban J connectivity index is 1.78. The maximum absolute atomic E-state index is 11.3. The normalized spacial score (nSPS) is 13.1. The number of amides is 1. The number of carbonyl (C=O) groups excluding carboxylic acids is 1. The fourth-order valence-corrected chi connectivity index (χ4v) is 3.27. The Kier molecular flexibility index (Phi) is 6.06. The highest BCUT2D eigenvalue weighted by Gasteiger charge is 2.18. The number of aryl methyl sites for hydroxylation is 1. The van der Waals surface area contributed by atoms with Crippen LogP contribution in [0.3, 0.4) is 0 Å². The van der Waals surface area contributed by atoms with Crippen LogP contribution < -0.4 is 15.1 Å². The molecule has 27 heavy (non-hydrogen) atoms. The summed E-state index contributed by atoms with van der Waals surface area (Å²) in [6.45, 7) is 1.74. The van der Waals surface area contributed by atoms with Crippen molar-refractivity contribution >= 4 is 17.8 Å². The van der Waals surface area contributed by atoms with Gasteiger partial charge in [-0.25, -0.2) is 5.43 Å². The molecule has 0 radical (unpaired) electrons. The van der Waals surface area contributed by atoms with Crippen LogP contribution in [0, 0.1) is 11.3 Å². The van der Waals surface area contributed by atoms with E-state index in [1.807, 2.05) is 18.2 Å². The number of fused-ring (bicyclic) bond motifs is 1. The first-order chi connectivity index (χ1) is 13.2. The molecule has 1 aliphatic rings. The molecule has 0 fully saturated rings. The van der Waals surface area contributed by atoms with Gasteiger partial charge in [-0.3, -0.25) is 4.79 Å². The van der Waals surface area contributed by atoms with Gasteiger partial charge in [0, 0.05) is 24.3 Å². The van der Waals surface area contributed by atoms with Crippen LogP contribution in [0.5, 0.6) is 5.75 Å². The second kappa shape index (κ2) is 8.86. The lowest BCUT2D eigenvalue weighted by Gasteiger charge is -2.31. The molecule has 0 atom stereocenters. The van der Waals surface area contributed by atoms with Crippen molar-refractivity contribution < 1.29 is 9.53 Å². The number of rotatable bonds is 6. The van der Waals surface area contributed by atoms with Crippen molar-refractivity contribution in [2.45, 2.75) is 25.8 Å². The number of nitrogens with zero attached hydrogens (tertiary/aromatic N) is 3. The van der Waals surface area contributed by atoms with Gasteiger partial charge in [0.25, 0.3) is 5.91 Å². The Morgan fingerprint density at radius 3 is 3.04 bits per heavy atom. The summed E-state index contributed by atoms with van der Waals surface area (Å²) in [6, 6.07) is 16.1. The van der Waals surface area contributed by atoms with Crippen LogP contribution in [0.25, 0.3) is 0 Å². The third-order valence-corrected chi connectivity index (χ3v) is 4.51. The smallest absolute Gasteiger partial charge is 0.254 e. The van der Waals surface area contributed by atoms with Gasteiger partial charge >= 0.3 is 0 Å². The van der Waals surface area contributed by atoms with Crippen LogP contribution in [0.15, 0.2) is 47.6 Å². The molecule has 0 aromatic heterocycles. The number of hydrogen-bond donors (Lipinski definition) is 1. The largest absolute Gasteiger partial charge is 0.496 e. The van der Waals surface area contributed by atoms with E-state index in [0.29, 0.717) is 0 Å². The van der Waals surface area contributed by atoms with Gasteiger partial charge in [-0.15, -0.1) is 0 Å². The molecule has 2 aromatic rings. The van der Waals surface area contributed by atoms with Gasteiger partial charge in [0.1, 0.15) is 12.2 Å². The first-order valence-corrected chi connectivity index (χ1v) is 8.90. The van der Waals surface area contributed by atoms with Gasteiger partial charge in [0.2, 0.25) is 0 Å². The zero-order valence-electron chi connectivity index (χ0n) is 15.3. The molecule has 0 saturated carbocycles. The molecule has 1 aliphatic heterocycles. The van der Waals surface area contributed by atoms with Gasteiger partial charge in [-0.2, -0.15) is 10.4 Å². The Hall–Kier alpha value is -3.33. The molecular formula is C21H22N4O2. The molecule has 1 amide bonds. The number of carbonyl (C=O) groups is 1. The lowest BCUT2D eigenvalue weighted by Crippen LogP contribution is -2.29. The van der Waals surface area contributed by atoms with Crippen molar-refractivity contribution in [3.05, 3.63) is 59.2 Å². The number of benzene rings is 2. The van der Waals surface area contributed by atoms with Gasteiger partial charge in [-0.1, -0.05) is 18.2 Å². The van der Waals surface area contributed by atoms with E-state index in [1.165, 1.54) is 11.3 Å². The first-order valence-electron chi connectivity index (χ1n) is 8.90. The fraction of sp³-hybridized carbons (Fsp3) is 0.286. The maximum Gasteiger partial charge on any atom is 0.254 e. The van der Waals surface area contributed by atoms with E-state index in [0.717, 1.165) is 42.8 Å². The van der Waals surface area contributed by atoms with Crippen molar-refractivity contribution in [2.24, 2.45) is 5.10 Å². The predicted molar refractivity (Wildman–Crippen MR) is 105 cm³/mol. The van der Waals surface area contributed by atoms with Gasteiger partial charge in [0.15, 0.2) is 0 Å². The Bertz CT molecular complexity index is 886. The van der Waals surface area contributed by atoms with Crippen LogP contribution in [-0.4, -0.2) is 25.8 Å². The molecule has 3 rings (SSSR count). The van der Waals surface area contributed by atoms with E-state index in [-0.39, 0.29) is 6.42 Å². The van der Waals surface area contributed by atoms with E-state index in [4.69, 9.17) is 10.00 Å². The number of anilines is 1. The summed E-state index contributed by atoms with van der Waals surface area (Å²) >= 11 is 0. The van der Waals surface area contributed by atoms with E-state index < -0.39 is 5.91 Å². The SMILES string of the molecule is COc1ccc(C=NNC(=O)CC#N)cc1CN1CCCc2ccccc21. The molecule has 138 valence electrons. The highest BCUT2D eigenvalue weighted by molar-refractivity contribution is 5.83. The molecular weight excluding hydrogens is 340 g/mol. The van der Waals surface area contributed by atoms with E-state index in [9.17, 15) is 4.79 Å². The number of hydrazone groups is 1. The number of nitriles is 1. The quantitative estimate of drug-likeness (QED) is 0.633. The first kappa shape index (κ1) is 18.5. The third-order valence-electron chi connectivity index (χ3n) is 4.51. The summed E-state index contributed by atoms with van der Waals surface area (Å²) in [5.41, 5.74) is 6.90. The zero-order chi connectivity index (χ0) is 19.1. The number of hydrogen-bond acceptors (Lipinski definition) is 5. The number of para-hydroxylation sites is 1. The summed E-state index contributed by atoms with van der Waals surface area (Å²) < 4.78 is 5.53. The molecule has 6 heteroatoms. The highest BCUT2D eigenvalue weighted by atomic mass is 16.5. The molecule has 6 nitrogen and oxygen atoms in total. The van der Waals surface area contributed by atoms with Crippen molar-refractivity contribution in [3.63, 3.8) is 0 Å². The summed E-state index contributed by atoms with van der Waals surface area (Å²) in [7, 11) is 1.67. The Labute approximate surface area is 159 Å². The van der Waals surface area contributed by atoms with Crippen LogP contribution >= 0.6 is 0 Å². The van der Waals surface area contributed by atoms with Crippen LogP contribution in [0.4, 0.5) is 5.69 Å². The second-order valence-electron chi connectivity index (χ2n) is 6.35. The number of nitrogens with one attached hydrogen (secondary N) is 1.